The highest BCUT2D eigenvalue weighted by Gasteiger charge is 2.67. The summed E-state index contributed by atoms with van der Waals surface area (Å²) in [6.07, 6.45) is -6.32. The highest BCUT2D eigenvalue weighted by Crippen LogP contribution is 2.65. The number of hydrogen-bond donors (Lipinski definition) is 1. The van der Waals surface area contributed by atoms with Gasteiger partial charge in [0.05, 0.1) is 16.5 Å². The van der Waals surface area contributed by atoms with E-state index in [1.807, 2.05) is 0 Å². The lowest BCUT2D eigenvalue weighted by molar-refractivity contribution is -0.140. The van der Waals surface area contributed by atoms with Crippen molar-refractivity contribution >= 4 is 58.0 Å². The van der Waals surface area contributed by atoms with E-state index in [0.717, 1.165) is 25.1 Å². The molecule has 0 unspecified atom stereocenters. The smallest absolute Gasteiger partial charge is 0.326 e. The number of amides is 1. The van der Waals surface area contributed by atoms with Crippen molar-refractivity contribution in [1.29, 1.82) is 0 Å². The van der Waals surface area contributed by atoms with Crippen LogP contribution in [-0.2, 0) is 28.6 Å². The lowest BCUT2D eigenvalue weighted by Crippen LogP contribution is -2.18. The van der Waals surface area contributed by atoms with Gasteiger partial charge in [0.2, 0.25) is 5.91 Å². The second kappa shape index (κ2) is 11.5. The molecule has 2 atom stereocenters. The third kappa shape index (κ3) is 6.28. The average Bonchev–Trinajstić information content (AvgIpc) is 3.47. The molecule has 1 aliphatic rings. The normalized spacial score (nSPS) is 17.6. The first kappa shape index (κ1) is 31.8. The van der Waals surface area contributed by atoms with E-state index in [9.17, 15) is 45.1 Å². The van der Waals surface area contributed by atoms with Gasteiger partial charge in [-0.15, -0.1) is 23.2 Å². The zero-order valence-electron chi connectivity index (χ0n) is 21.1. The molecule has 1 saturated carbocycles. The van der Waals surface area contributed by atoms with Gasteiger partial charge in [0.15, 0.2) is 23.2 Å². The minimum absolute atomic E-state index is 0.0272. The topological polar surface area (TPSA) is 63.2 Å². The molecular weight excluding hydrogens is 638 g/mol. The van der Waals surface area contributed by atoms with Crippen molar-refractivity contribution in [2.75, 3.05) is 5.32 Å². The van der Waals surface area contributed by atoms with Crippen molar-refractivity contribution in [2.24, 2.45) is 5.92 Å². The molecule has 0 heterocycles. The number of Topliss-reactive ketones (excluding diaryl/α,β-unsaturated/α-hetero) is 2. The van der Waals surface area contributed by atoms with Crippen LogP contribution in [0.15, 0.2) is 42.5 Å². The Hall–Kier alpha value is -3.15. The summed E-state index contributed by atoms with van der Waals surface area (Å²) in [6.45, 7) is 1.12. The molecule has 4 nitrogen and oxygen atoms in total. The number of hydrogen-bond acceptors (Lipinski definition) is 3. The number of ketones is 2. The molecule has 1 fully saturated rings. The SMILES string of the molecule is CC(=O)Cc1cc(CC(=O)c2cc(NC(=O)[C@H]3[C@H](c4ccc(F)c(C(F)(F)F)c4)C3(Cl)Cl)ccc2Cl)c(F)c(F)c1F. The molecule has 0 aromatic heterocycles. The summed E-state index contributed by atoms with van der Waals surface area (Å²) < 4.78 is 93.9. The standard InChI is InChI=1S/C28H17Cl3F7NO3/c1-11(40)6-13-7-14(24(34)25(35)23(13)33)9-20(41)16-10-15(3-4-18(16)29)39-26(42)22-21(27(22,30)31)12-2-5-19(32)17(8-12)28(36,37)38/h2-5,7-8,10,21-22H,6,9H2,1H3,(H,39,42)/t21-,22+/m0/s1. The number of rotatable bonds is 8. The van der Waals surface area contributed by atoms with Crippen LogP contribution in [0.25, 0.3) is 0 Å². The lowest BCUT2D eigenvalue weighted by Gasteiger charge is -2.11. The van der Waals surface area contributed by atoms with Crippen LogP contribution in [0.2, 0.25) is 5.02 Å². The van der Waals surface area contributed by atoms with Crippen LogP contribution in [-0.4, -0.2) is 21.8 Å². The first-order valence-corrected chi connectivity index (χ1v) is 13.1. The fourth-order valence-corrected chi connectivity index (χ4v) is 5.62. The molecule has 0 radical (unpaired) electrons. The number of carbonyl (C=O) groups excluding carboxylic acids is 3. The van der Waals surface area contributed by atoms with Crippen LogP contribution in [0.3, 0.4) is 0 Å². The van der Waals surface area contributed by atoms with Gasteiger partial charge in [-0.05, 0) is 60.0 Å². The second-order valence-corrected chi connectivity index (χ2v) is 11.5. The van der Waals surface area contributed by atoms with Crippen LogP contribution in [0.4, 0.5) is 36.4 Å². The molecule has 1 N–H and O–H groups in total. The van der Waals surface area contributed by atoms with Gasteiger partial charge in [0.25, 0.3) is 0 Å². The van der Waals surface area contributed by atoms with Gasteiger partial charge in [-0.3, -0.25) is 14.4 Å². The first-order chi connectivity index (χ1) is 19.4. The maximum Gasteiger partial charge on any atom is 0.419 e. The molecule has 4 rings (SSSR count). The molecule has 0 bridgehead atoms. The van der Waals surface area contributed by atoms with Crippen LogP contribution in [0, 0.1) is 29.2 Å². The number of carbonyl (C=O) groups is 3. The Morgan fingerprint density at radius 3 is 2.10 bits per heavy atom. The third-order valence-corrected chi connectivity index (χ3v) is 7.88. The predicted octanol–water partition coefficient (Wildman–Crippen LogP) is 8.00. The monoisotopic (exact) mass is 653 g/mol. The van der Waals surface area contributed by atoms with Gasteiger partial charge in [-0.2, -0.15) is 13.2 Å². The summed E-state index contributed by atoms with van der Waals surface area (Å²) in [4.78, 5) is 37.3. The molecule has 222 valence electrons. The molecule has 3 aromatic rings. The molecular formula is C28H17Cl3F7NO3. The highest BCUT2D eigenvalue weighted by atomic mass is 35.5. The zero-order chi connectivity index (χ0) is 31.3. The summed E-state index contributed by atoms with van der Waals surface area (Å²) in [5.41, 5.74) is -2.92. The Bertz CT molecular complexity index is 1630. The van der Waals surface area contributed by atoms with Crippen molar-refractivity contribution in [3.05, 3.63) is 98.6 Å². The molecule has 42 heavy (non-hydrogen) atoms. The first-order valence-electron chi connectivity index (χ1n) is 12.0. The summed E-state index contributed by atoms with van der Waals surface area (Å²) in [5, 5.41) is 2.29. The van der Waals surface area contributed by atoms with E-state index in [-0.39, 0.29) is 21.8 Å². The largest absolute Gasteiger partial charge is 0.419 e. The van der Waals surface area contributed by atoms with Crippen LogP contribution >= 0.6 is 34.8 Å². The van der Waals surface area contributed by atoms with Crippen LogP contribution in [0.1, 0.15) is 45.5 Å². The molecule has 0 aliphatic heterocycles. The molecule has 3 aromatic carbocycles. The molecule has 0 spiro atoms. The maximum atomic E-state index is 14.4. The number of benzene rings is 3. The van der Waals surface area contributed by atoms with E-state index in [1.165, 1.54) is 12.1 Å². The fraction of sp³-hybridized carbons (Fsp3) is 0.250. The third-order valence-electron chi connectivity index (χ3n) is 6.61. The van der Waals surface area contributed by atoms with Crippen molar-refractivity contribution in [1.82, 2.24) is 0 Å². The number of alkyl halides is 5. The van der Waals surface area contributed by atoms with Crippen molar-refractivity contribution in [3.63, 3.8) is 0 Å². The van der Waals surface area contributed by atoms with Gasteiger partial charge in [0.1, 0.15) is 15.9 Å². The fourth-order valence-electron chi connectivity index (χ4n) is 4.57. The van der Waals surface area contributed by atoms with E-state index in [1.54, 1.807) is 0 Å². The summed E-state index contributed by atoms with van der Waals surface area (Å²) in [6, 6.07) is 6.60. The molecule has 1 amide bonds. The van der Waals surface area contributed by atoms with Crippen molar-refractivity contribution < 1.29 is 45.1 Å². The minimum atomic E-state index is -5.00. The second-order valence-electron chi connectivity index (χ2n) is 9.67. The minimum Gasteiger partial charge on any atom is -0.326 e. The predicted molar refractivity (Wildman–Crippen MR) is 141 cm³/mol. The van der Waals surface area contributed by atoms with E-state index in [4.69, 9.17) is 34.8 Å². The Balaban J connectivity index is 1.55. The molecule has 0 saturated heterocycles. The average molecular weight is 655 g/mol. The van der Waals surface area contributed by atoms with Crippen LogP contribution in [0.5, 0.6) is 0 Å². The Kier molecular flexibility index (Phi) is 8.70. The highest BCUT2D eigenvalue weighted by molar-refractivity contribution is 6.53. The van der Waals surface area contributed by atoms with Gasteiger partial charge in [-0.1, -0.05) is 17.7 Å². The van der Waals surface area contributed by atoms with Crippen molar-refractivity contribution in [2.45, 2.75) is 36.2 Å². The van der Waals surface area contributed by atoms with E-state index in [0.29, 0.717) is 12.1 Å². The van der Waals surface area contributed by atoms with E-state index < -0.39 is 92.6 Å². The number of anilines is 1. The van der Waals surface area contributed by atoms with Gasteiger partial charge >= 0.3 is 6.18 Å². The Morgan fingerprint density at radius 1 is 0.881 bits per heavy atom. The van der Waals surface area contributed by atoms with Crippen molar-refractivity contribution in [3.8, 4) is 0 Å². The van der Waals surface area contributed by atoms with E-state index >= 15 is 0 Å². The Labute approximate surface area is 248 Å². The molecule has 14 heteroatoms. The summed E-state index contributed by atoms with van der Waals surface area (Å²) in [5.74, 6) is -11.2. The maximum absolute atomic E-state index is 14.4. The summed E-state index contributed by atoms with van der Waals surface area (Å²) in [7, 11) is 0. The Morgan fingerprint density at radius 2 is 1.50 bits per heavy atom. The van der Waals surface area contributed by atoms with E-state index in [2.05, 4.69) is 5.32 Å². The van der Waals surface area contributed by atoms with Gasteiger partial charge < -0.3 is 5.32 Å². The quantitative estimate of drug-likeness (QED) is 0.116. The van der Waals surface area contributed by atoms with Gasteiger partial charge in [0, 0.05) is 30.0 Å². The number of halogens is 10. The van der Waals surface area contributed by atoms with Crippen LogP contribution < -0.4 is 5.32 Å². The summed E-state index contributed by atoms with van der Waals surface area (Å²) >= 11 is 18.5. The molecule has 1 aliphatic carbocycles. The zero-order valence-corrected chi connectivity index (χ0v) is 23.4. The van der Waals surface area contributed by atoms with Gasteiger partial charge in [-0.25, -0.2) is 17.6 Å². The number of nitrogens with one attached hydrogen (secondary N) is 1. The lowest BCUT2D eigenvalue weighted by atomic mass is 9.98.